The lowest BCUT2D eigenvalue weighted by Gasteiger charge is -2.57. The van der Waals surface area contributed by atoms with E-state index in [-0.39, 0.29) is 5.41 Å². The van der Waals surface area contributed by atoms with Crippen molar-refractivity contribution in [2.75, 3.05) is 6.61 Å². The molecule has 4 N–H and O–H groups in total. The zero-order chi connectivity index (χ0) is 23.5. The van der Waals surface area contributed by atoms with Crippen molar-refractivity contribution in [2.45, 2.75) is 108 Å². The van der Waals surface area contributed by atoms with E-state index in [1.54, 1.807) is 0 Å². The van der Waals surface area contributed by atoms with Gasteiger partial charge in [0.15, 0.2) is 12.1 Å². The van der Waals surface area contributed by atoms with Gasteiger partial charge in [0.1, 0.15) is 24.4 Å². The van der Waals surface area contributed by atoms with E-state index in [2.05, 4.69) is 13.8 Å². The summed E-state index contributed by atoms with van der Waals surface area (Å²) in [5.41, 5.74) is 0.816. The van der Waals surface area contributed by atoms with Crippen LogP contribution in [0.3, 0.4) is 0 Å². The lowest BCUT2D eigenvalue weighted by Crippen LogP contribution is -2.62. The van der Waals surface area contributed by atoms with Gasteiger partial charge >= 0.3 is 0 Å². The van der Waals surface area contributed by atoms with E-state index in [1.165, 1.54) is 5.57 Å². The van der Waals surface area contributed by atoms with Gasteiger partial charge in [-0.25, -0.2) is 0 Å². The van der Waals surface area contributed by atoms with Gasteiger partial charge in [-0.2, -0.15) is 0 Å². The minimum absolute atomic E-state index is 0.0760. The van der Waals surface area contributed by atoms with E-state index in [0.29, 0.717) is 35.9 Å². The van der Waals surface area contributed by atoms with E-state index in [4.69, 9.17) is 9.47 Å². The lowest BCUT2D eigenvalue weighted by molar-refractivity contribution is -0.341. The van der Waals surface area contributed by atoms with Gasteiger partial charge in [0.05, 0.1) is 12.2 Å². The normalized spacial score (nSPS) is 52.0. The van der Waals surface area contributed by atoms with Gasteiger partial charge in [-0.15, -0.1) is 0 Å². The van der Waals surface area contributed by atoms with Crippen LogP contribution in [0.1, 0.15) is 71.6 Å². The Morgan fingerprint density at radius 1 is 1.03 bits per heavy atom. The fourth-order valence-corrected chi connectivity index (χ4v) is 8.52. The molecule has 33 heavy (non-hydrogen) atoms. The largest absolute Gasteiger partial charge is 0.394 e. The first-order chi connectivity index (χ1) is 15.7. The van der Waals surface area contributed by atoms with Crippen LogP contribution in [0.4, 0.5) is 0 Å². The summed E-state index contributed by atoms with van der Waals surface area (Å²) >= 11 is 0. The second-order valence-corrected chi connectivity index (χ2v) is 11.5. The molecule has 0 spiro atoms. The van der Waals surface area contributed by atoms with Crippen molar-refractivity contribution in [2.24, 2.45) is 29.1 Å². The number of aliphatic hydroxyl groups excluding tert-OH is 4. The van der Waals surface area contributed by atoms with E-state index >= 15 is 0 Å². The Morgan fingerprint density at radius 3 is 2.55 bits per heavy atom. The topological polar surface area (TPSA) is 116 Å². The number of carbonyl (C=O) groups is 1. The molecule has 0 radical (unpaired) electrons. The molecule has 1 aliphatic heterocycles. The third-order valence-corrected chi connectivity index (χ3v) is 10.4. The van der Waals surface area contributed by atoms with Crippen LogP contribution in [0.2, 0.25) is 0 Å². The van der Waals surface area contributed by atoms with Crippen LogP contribution in [0.25, 0.3) is 0 Å². The first-order valence-corrected chi connectivity index (χ1v) is 13.0. The van der Waals surface area contributed by atoms with E-state index in [0.717, 1.165) is 51.4 Å². The molecule has 4 aliphatic carbocycles. The molecule has 3 unspecified atom stereocenters. The van der Waals surface area contributed by atoms with Gasteiger partial charge in [0.2, 0.25) is 0 Å². The Labute approximate surface area is 196 Å². The average Bonchev–Trinajstić information content (AvgIpc) is 3.11. The van der Waals surface area contributed by atoms with Gasteiger partial charge in [-0.05, 0) is 86.5 Å². The minimum atomic E-state index is -1.42. The van der Waals surface area contributed by atoms with Crippen LogP contribution in [-0.4, -0.2) is 69.1 Å². The zero-order valence-electron chi connectivity index (χ0n) is 19.9. The predicted molar refractivity (Wildman–Crippen MR) is 120 cm³/mol. The first kappa shape index (κ1) is 23.9. The zero-order valence-corrected chi connectivity index (χ0v) is 19.9. The van der Waals surface area contributed by atoms with Gasteiger partial charge in [0, 0.05) is 6.42 Å². The molecule has 5 aliphatic rings. The number of hydrogen-bond acceptors (Lipinski definition) is 7. The standard InChI is InChI=1S/C26H40O7/c1-3-26(33-24-23(31)22(30)21(29)20(13-27)32-24)11-9-19-18-6-4-14-12-15(28)5-7-16(14)17(18)8-10-25(19,26)2/h12,16-24,27,29-31H,3-11,13H2,1-2H3/t16-,17?,18?,19?,20-,21-,22+,23-,24+,25-,26-/m0/s1. The second-order valence-electron chi connectivity index (χ2n) is 11.5. The highest BCUT2D eigenvalue weighted by Gasteiger charge is 2.64. The molecule has 0 aromatic heterocycles. The number of carbonyl (C=O) groups excluding carboxylic acids is 1. The van der Waals surface area contributed by atoms with Crippen LogP contribution in [-0.2, 0) is 14.3 Å². The van der Waals surface area contributed by atoms with E-state index in [1.807, 2.05) is 6.08 Å². The third kappa shape index (κ3) is 3.57. The van der Waals surface area contributed by atoms with Crippen LogP contribution >= 0.6 is 0 Å². The molecule has 0 bridgehead atoms. The Hall–Kier alpha value is -0.830. The smallest absolute Gasteiger partial charge is 0.187 e. The Morgan fingerprint density at radius 2 is 1.82 bits per heavy atom. The van der Waals surface area contributed by atoms with Crippen LogP contribution in [0, 0.1) is 29.1 Å². The Kier molecular flexibility index (Phi) is 6.28. The monoisotopic (exact) mass is 464 g/mol. The molecule has 0 aromatic carbocycles. The fourth-order valence-electron chi connectivity index (χ4n) is 8.52. The molecule has 1 heterocycles. The second kappa shape index (κ2) is 8.68. The van der Waals surface area contributed by atoms with Crippen molar-refractivity contribution >= 4 is 5.78 Å². The quantitative estimate of drug-likeness (QED) is 0.503. The number of fused-ring (bicyclic) bond motifs is 5. The summed E-state index contributed by atoms with van der Waals surface area (Å²) in [5, 5.41) is 40.7. The minimum Gasteiger partial charge on any atom is -0.394 e. The number of allylic oxidation sites excluding steroid dienone is 1. The maximum Gasteiger partial charge on any atom is 0.187 e. The summed E-state index contributed by atoms with van der Waals surface area (Å²) in [6.07, 6.45) is 4.40. The number of ether oxygens (including phenoxy) is 2. The van der Waals surface area contributed by atoms with E-state index < -0.39 is 42.9 Å². The lowest BCUT2D eigenvalue weighted by atomic mass is 9.50. The molecule has 1 saturated heterocycles. The molecule has 5 rings (SSSR count). The summed E-state index contributed by atoms with van der Waals surface area (Å²) in [5.74, 6) is 2.61. The van der Waals surface area contributed by atoms with E-state index in [9.17, 15) is 25.2 Å². The number of ketones is 1. The summed E-state index contributed by atoms with van der Waals surface area (Å²) < 4.78 is 12.4. The molecule has 0 amide bonds. The number of aliphatic hydroxyl groups is 4. The van der Waals surface area contributed by atoms with Crippen molar-refractivity contribution < 1.29 is 34.7 Å². The first-order valence-electron chi connectivity index (χ1n) is 13.0. The summed E-state index contributed by atoms with van der Waals surface area (Å²) in [7, 11) is 0. The number of hydrogen-bond donors (Lipinski definition) is 4. The third-order valence-electron chi connectivity index (χ3n) is 10.4. The Bertz CT molecular complexity index is 796. The molecular weight excluding hydrogens is 424 g/mol. The molecule has 11 atom stereocenters. The maximum absolute atomic E-state index is 12.0. The average molecular weight is 465 g/mol. The van der Waals surface area contributed by atoms with Gasteiger partial charge in [-0.1, -0.05) is 19.4 Å². The number of rotatable bonds is 4. The SMILES string of the molecule is CC[C@]1(O[C@H]2O[C@@H](CO)[C@H](O)[C@@H](O)[C@@H]2O)CCC2C3CCC4=CC(=O)CC[C@@H]4C3CC[C@@]21C. The van der Waals surface area contributed by atoms with Crippen molar-refractivity contribution in [3.8, 4) is 0 Å². The van der Waals surface area contributed by atoms with Crippen LogP contribution in [0.5, 0.6) is 0 Å². The van der Waals surface area contributed by atoms with Gasteiger partial charge in [-0.3, -0.25) is 4.79 Å². The molecule has 4 fully saturated rings. The molecule has 7 nitrogen and oxygen atoms in total. The van der Waals surface area contributed by atoms with Crippen LogP contribution in [0.15, 0.2) is 11.6 Å². The molecule has 0 aromatic rings. The highest BCUT2D eigenvalue weighted by molar-refractivity contribution is 5.91. The van der Waals surface area contributed by atoms with Crippen molar-refractivity contribution in [1.29, 1.82) is 0 Å². The maximum atomic E-state index is 12.0. The molecule has 3 saturated carbocycles. The summed E-state index contributed by atoms with van der Waals surface area (Å²) in [4.78, 5) is 12.0. The molecule has 7 heteroatoms. The van der Waals surface area contributed by atoms with Crippen molar-refractivity contribution in [3.63, 3.8) is 0 Å². The Balaban J connectivity index is 1.38. The molecule has 186 valence electrons. The van der Waals surface area contributed by atoms with Crippen LogP contribution < -0.4 is 0 Å². The highest BCUT2D eigenvalue weighted by Crippen LogP contribution is 2.66. The summed E-state index contributed by atoms with van der Waals surface area (Å²) in [6.45, 7) is 4.01. The predicted octanol–water partition coefficient (Wildman–Crippen LogP) is 2.09. The highest BCUT2D eigenvalue weighted by atomic mass is 16.7. The summed E-state index contributed by atoms with van der Waals surface area (Å²) in [6, 6.07) is 0. The van der Waals surface area contributed by atoms with Crippen molar-refractivity contribution in [3.05, 3.63) is 11.6 Å². The fraction of sp³-hybridized carbons (Fsp3) is 0.885. The van der Waals surface area contributed by atoms with Crippen molar-refractivity contribution in [1.82, 2.24) is 0 Å². The van der Waals surface area contributed by atoms with Gasteiger partial charge < -0.3 is 29.9 Å². The molecular formula is C26H40O7. The van der Waals surface area contributed by atoms with Gasteiger partial charge in [0.25, 0.3) is 0 Å².